The number of carbonyl (C=O) groups excluding carboxylic acids is 2. The number of aromatic nitrogens is 1. The Morgan fingerprint density at radius 1 is 1.12 bits per heavy atom. The van der Waals surface area contributed by atoms with Crippen LogP contribution < -0.4 is 5.32 Å². The number of benzene rings is 1. The van der Waals surface area contributed by atoms with E-state index in [1.54, 1.807) is 0 Å². The number of esters is 1. The van der Waals surface area contributed by atoms with Crippen molar-refractivity contribution in [3.63, 3.8) is 0 Å². The Morgan fingerprint density at radius 2 is 1.85 bits per heavy atom. The molecule has 0 spiro atoms. The topological polar surface area (TPSA) is 68.3 Å². The van der Waals surface area contributed by atoms with E-state index in [2.05, 4.69) is 10.3 Å². The quantitative estimate of drug-likeness (QED) is 0.582. The second-order valence-corrected chi connectivity index (χ2v) is 6.46. The first kappa shape index (κ1) is 19.6. The van der Waals surface area contributed by atoms with E-state index in [1.165, 1.54) is 6.92 Å². The highest BCUT2D eigenvalue weighted by atomic mass is 16.5. The molecule has 2 rings (SSSR count). The minimum Gasteiger partial charge on any atom is -0.466 e. The predicted molar refractivity (Wildman–Crippen MR) is 101 cm³/mol. The van der Waals surface area contributed by atoms with Crippen LogP contribution in [-0.4, -0.2) is 23.5 Å². The molecule has 1 unspecified atom stereocenters. The van der Waals surface area contributed by atoms with Gasteiger partial charge in [0.05, 0.1) is 19.1 Å². The molecule has 0 bridgehead atoms. The zero-order valence-corrected chi connectivity index (χ0v) is 15.6. The van der Waals surface area contributed by atoms with Gasteiger partial charge in [-0.25, -0.2) is 0 Å². The molecule has 138 valence electrons. The Balaban J connectivity index is 1.82. The number of hydrogen-bond acceptors (Lipinski definition) is 4. The van der Waals surface area contributed by atoms with Crippen LogP contribution in [-0.2, 0) is 20.7 Å². The van der Waals surface area contributed by atoms with Gasteiger partial charge in [-0.15, -0.1) is 0 Å². The van der Waals surface area contributed by atoms with Gasteiger partial charge < -0.3 is 10.1 Å². The fourth-order valence-electron chi connectivity index (χ4n) is 2.70. The van der Waals surface area contributed by atoms with Crippen molar-refractivity contribution in [1.29, 1.82) is 0 Å². The third kappa shape index (κ3) is 6.67. The van der Waals surface area contributed by atoms with Crippen LogP contribution in [0.5, 0.6) is 0 Å². The summed E-state index contributed by atoms with van der Waals surface area (Å²) in [5, 5.41) is 2.82. The fraction of sp³-hybridized carbons (Fsp3) is 0.381. The van der Waals surface area contributed by atoms with Crippen LogP contribution >= 0.6 is 0 Å². The van der Waals surface area contributed by atoms with Crippen molar-refractivity contribution in [3.8, 4) is 0 Å². The van der Waals surface area contributed by atoms with Gasteiger partial charge in [-0.3, -0.25) is 14.6 Å². The summed E-state index contributed by atoms with van der Waals surface area (Å²) in [6, 6.07) is 13.3. The van der Waals surface area contributed by atoms with Gasteiger partial charge in [0.2, 0.25) is 5.91 Å². The fourth-order valence-corrected chi connectivity index (χ4v) is 2.70. The molecule has 0 aliphatic carbocycles. The number of pyridine rings is 1. The van der Waals surface area contributed by atoms with Crippen LogP contribution in [0, 0.1) is 13.8 Å². The second kappa shape index (κ2) is 9.70. The van der Waals surface area contributed by atoms with Crippen molar-refractivity contribution in [2.45, 2.75) is 46.1 Å². The zero-order valence-electron chi connectivity index (χ0n) is 15.6. The lowest BCUT2D eigenvalue weighted by Gasteiger charge is -2.18. The van der Waals surface area contributed by atoms with Gasteiger partial charge in [0, 0.05) is 18.3 Å². The molecular formula is C21H26N2O3. The lowest BCUT2D eigenvalue weighted by Crippen LogP contribution is -2.28. The van der Waals surface area contributed by atoms with E-state index >= 15 is 0 Å². The van der Waals surface area contributed by atoms with Crippen molar-refractivity contribution >= 4 is 11.9 Å². The van der Waals surface area contributed by atoms with E-state index < -0.39 is 0 Å². The molecule has 5 heteroatoms. The molecule has 1 heterocycles. The molecule has 2 aromatic rings. The van der Waals surface area contributed by atoms with Crippen molar-refractivity contribution < 1.29 is 14.3 Å². The molecule has 1 N–H and O–H groups in total. The molecule has 0 aliphatic rings. The summed E-state index contributed by atoms with van der Waals surface area (Å²) in [5.74, 6) is -0.490. The van der Waals surface area contributed by atoms with Crippen LogP contribution in [0.3, 0.4) is 0 Å². The Labute approximate surface area is 154 Å². The lowest BCUT2D eigenvalue weighted by atomic mass is 10.0. The maximum Gasteiger partial charge on any atom is 0.308 e. The smallest absolute Gasteiger partial charge is 0.308 e. The lowest BCUT2D eigenvalue weighted by molar-refractivity contribution is -0.144. The van der Waals surface area contributed by atoms with Gasteiger partial charge >= 0.3 is 5.97 Å². The highest BCUT2D eigenvalue weighted by Crippen LogP contribution is 2.18. The van der Waals surface area contributed by atoms with E-state index in [4.69, 9.17) is 4.74 Å². The average molecular weight is 354 g/mol. The molecule has 1 aromatic carbocycles. The number of amides is 1. The molecule has 0 saturated carbocycles. The standard InChI is InChI=1S/C21H26N2O3/c1-15-9-11-18(12-10-15)20(23-17(3)24)14-21(25)26-13-5-8-19-7-4-6-16(2)22-19/h4,6-7,9-12,20H,5,8,13-14H2,1-3H3,(H,23,24). The molecule has 26 heavy (non-hydrogen) atoms. The number of nitrogens with one attached hydrogen (secondary N) is 1. The molecular weight excluding hydrogens is 328 g/mol. The van der Waals surface area contributed by atoms with Crippen LogP contribution in [0.1, 0.15) is 48.3 Å². The van der Waals surface area contributed by atoms with Crippen LogP contribution in [0.4, 0.5) is 0 Å². The van der Waals surface area contributed by atoms with Crippen molar-refractivity contribution in [1.82, 2.24) is 10.3 Å². The second-order valence-electron chi connectivity index (χ2n) is 6.46. The van der Waals surface area contributed by atoms with Gasteiger partial charge in [0.15, 0.2) is 0 Å². The monoisotopic (exact) mass is 354 g/mol. The van der Waals surface area contributed by atoms with Gasteiger partial charge in [-0.1, -0.05) is 35.9 Å². The van der Waals surface area contributed by atoms with E-state index in [0.29, 0.717) is 6.61 Å². The number of ether oxygens (including phenoxy) is 1. The largest absolute Gasteiger partial charge is 0.466 e. The first-order valence-corrected chi connectivity index (χ1v) is 8.86. The van der Waals surface area contributed by atoms with E-state index in [1.807, 2.05) is 56.3 Å². The Bertz CT molecular complexity index is 741. The van der Waals surface area contributed by atoms with E-state index in [9.17, 15) is 9.59 Å². The SMILES string of the molecule is CC(=O)NC(CC(=O)OCCCc1cccc(C)n1)c1ccc(C)cc1. The molecule has 1 atom stereocenters. The maximum absolute atomic E-state index is 12.2. The van der Waals surface area contributed by atoms with Crippen molar-refractivity contribution in [3.05, 3.63) is 65.0 Å². The summed E-state index contributed by atoms with van der Waals surface area (Å²) >= 11 is 0. The number of carbonyl (C=O) groups is 2. The molecule has 0 aliphatic heterocycles. The maximum atomic E-state index is 12.2. The Morgan fingerprint density at radius 3 is 2.50 bits per heavy atom. The third-order valence-corrected chi connectivity index (χ3v) is 4.01. The van der Waals surface area contributed by atoms with Gasteiger partial charge in [0.25, 0.3) is 0 Å². The predicted octanol–water partition coefficient (Wildman–Crippen LogP) is 3.44. The normalized spacial score (nSPS) is 11.7. The number of aryl methyl sites for hydroxylation is 3. The third-order valence-electron chi connectivity index (χ3n) is 4.01. The van der Waals surface area contributed by atoms with Gasteiger partial charge in [0.1, 0.15) is 0 Å². The Kier molecular flexibility index (Phi) is 7.33. The molecule has 1 amide bonds. The summed E-state index contributed by atoms with van der Waals surface area (Å²) in [5.41, 5.74) is 4.00. The van der Waals surface area contributed by atoms with Gasteiger partial charge in [-0.2, -0.15) is 0 Å². The molecule has 0 radical (unpaired) electrons. The summed E-state index contributed by atoms with van der Waals surface area (Å²) in [4.78, 5) is 28.0. The van der Waals surface area contributed by atoms with Crippen LogP contribution in [0.25, 0.3) is 0 Å². The number of nitrogens with zero attached hydrogens (tertiary/aromatic N) is 1. The highest BCUT2D eigenvalue weighted by molar-refractivity contribution is 5.76. The first-order valence-electron chi connectivity index (χ1n) is 8.86. The van der Waals surface area contributed by atoms with Gasteiger partial charge in [-0.05, 0) is 44.4 Å². The molecule has 0 saturated heterocycles. The average Bonchev–Trinajstić information content (AvgIpc) is 2.58. The van der Waals surface area contributed by atoms with E-state index in [-0.39, 0.29) is 24.3 Å². The first-order chi connectivity index (χ1) is 12.4. The summed E-state index contributed by atoms with van der Waals surface area (Å²) < 4.78 is 5.33. The van der Waals surface area contributed by atoms with Crippen LogP contribution in [0.2, 0.25) is 0 Å². The van der Waals surface area contributed by atoms with Crippen LogP contribution in [0.15, 0.2) is 42.5 Å². The van der Waals surface area contributed by atoms with E-state index in [0.717, 1.165) is 35.4 Å². The minimum absolute atomic E-state index is 0.116. The summed E-state index contributed by atoms with van der Waals surface area (Å²) in [7, 11) is 0. The number of hydrogen-bond donors (Lipinski definition) is 1. The Hall–Kier alpha value is -2.69. The molecule has 5 nitrogen and oxygen atoms in total. The van der Waals surface area contributed by atoms with Crippen molar-refractivity contribution in [2.75, 3.05) is 6.61 Å². The molecule has 1 aromatic heterocycles. The zero-order chi connectivity index (χ0) is 18.9. The highest BCUT2D eigenvalue weighted by Gasteiger charge is 2.18. The van der Waals surface area contributed by atoms with Crippen molar-refractivity contribution in [2.24, 2.45) is 0 Å². The minimum atomic E-state index is -0.376. The summed E-state index contributed by atoms with van der Waals surface area (Å²) in [6.07, 6.45) is 1.60. The molecule has 0 fully saturated rings. The number of rotatable bonds is 8. The summed E-state index contributed by atoms with van der Waals surface area (Å²) in [6.45, 7) is 5.74.